The maximum atomic E-state index is 3.55. The van der Waals surface area contributed by atoms with E-state index in [1.165, 1.54) is 51.5 Å². The summed E-state index contributed by atoms with van der Waals surface area (Å²) in [6.45, 7) is 4.65. The highest BCUT2D eigenvalue weighted by molar-refractivity contribution is 4.82. The molecule has 0 spiro atoms. The molecular formula is C14H27N. The lowest BCUT2D eigenvalue weighted by Crippen LogP contribution is -2.25. The molecule has 0 aromatic carbocycles. The second-order valence-electron chi connectivity index (χ2n) is 5.64. The van der Waals surface area contributed by atoms with Crippen molar-refractivity contribution in [3.05, 3.63) is 0 Å². The van der Waals surface area contributed by atoms with Gasteiger partial charge in [-0.05, 0) is 43.7 Å². The molecule has 2 fully saturated rings. The van der Waals surface area contributed by atoms with Crippen LogP contribution in [0.15, 0.2) is 0 Å². The zero-order valence-electron chi connectivity index (χ0n) is 10.3. The van der Waals surface area contributed by atoms with Gasteiger partial charge in [-0.25, -0.2) is 0 Å². The fourth-order valence-corrected chi connectivity index (χ4v) is 3.70. The first-order valence-electron chi connectivity index (χ1n) is 7.11. The number of hydrogen-bond acceptors (Lipinski definition) is 1. The van der Waals surface area contributed by atoms with Crippen molar-refractivity contribution < 1.29 is 0 Å². The average Bonchev–Trinajstić information content (AvgIpc) is 2.87. The normalized spacial score (nSPS) is 32.6. The Morgan fingerprint density at radius 3 is 2.40 bits per heavy atom. The first-order chi connectivity index (χ1) is 7.40. The molecular weight excluding hydrogens is 182 g/mol. The smallest absolute Gasteiger partial charge is 0.00180 e. The zero-order chi connectivity index (χ0) is 10.5. The molecule has 0 amide bonds. The van der Waals surface area contributed by atoms with Gasteiger partial charge in [0.2, 0.25) is 0 Å². The molecule has 1 heteroatoms. The highest BCUT2D eigenvalue weighted by Gasteiger charge is 2.29. The largest absolute Gasteiger partial charge is 0.317 e. The molecule has 0 aromatic rings. The molecule has 1 nitrogen and oxygen atoms in total. The van der Waals surface area contributed by atoms with Gasteiger partial charge >= 0.3 is 0 Å². The van der Waals surface area contributed by atoms with Crippen molar-refractivity contribution in [1.82, 2.24) is 5.32 Å². The van der Waals surface area contributed by atoms with Crippen molar-refractivity contribution >= 4 is 0 Å². The van der Waals surface area contributed by atoms with Crippen molar-refractivity contribution in [3.8, 4) is 0 Å². The molecule has 2 atom stereocenters. The van der Waals surface area contributed by atoms with Crippen LogP contribution >= 0.6 is 0 Å². The Kier molecular flexibility index (Phi) is 4.49. The van der Waals surface area contributed by atoms with E-state index >= 15 is 0 Å². The Labute approximate surface area is 95.0 Å². The van der Waals surface area contributed by atoms with Gasteiger partial charge in [0.1, 0.15) is 0 Å². The lowest BCUT2D eigenvalue weighted by Gasteiger charge is -2.22. The molecule has 1 N–H and O–H groups in total. The van der Waals surface area contributed by atoms with E-state index < -0.39 is 0 Å². The van der Waals surface area contributed by atoms with Crippen molar-refractivity contribution in [3.63, 3.8) is 0 Å². The Morgan fingerprint density at radius 2 is 1.67 bits per heavy atom. The van der Waals surface area contributed by atoms with Crippen molar-refractivity contribution in [1.29, 1.82) is 0 Å². The van der Waals surface area contributed by atoms with Crippen LogP contribution in [0.3, 0.4) is 0 Å². The predicted octanol–water partition coefficient (Wildman–Crippen LogP) is 3.59. The third-order valence-electron chi connectivity index (χ3n) is 4.58. The average molecular weight is 209 g/mol. The van der Waals surface area contributed by atoms with Gasteiger partial charge in [-0.2, -0.15) is 0 Å². The van der Waals surface area contributed by atoms with Crippen LogP contribution in [-0.2, 0) is 0 Å². The first kappa shape index (κ1) is 11.4. The Bertz CT molecular complexity index is 172. The summed E-state index contributed by atoms with van der Waals surface area (Å²) in [4.78, 5) is 0. The van der Waals surface area contributed by atoms with Gasteiger partial charge in [0.25, 0.3) is 0 Å². The van der Waals surface area contributed by atoms with E-state index in [0.717, 1.165) is 24.3 Å². The van der Waals surface area contributed by atoms with Gasteiger partial charge < -0.3 is 5.32 Å². The van der Waals surface area contributed by atoms with Crippen molar-refractivity contribution in [2.24, 2.45) is 17.8 Å². The predicted molar refractivity (Wildman–Crippen MR) is 65.9 cm³/mol. The third kappa shape index (κ3) is 3.21. The number of hydrogen-bond donors (Lipinski definition) is 1. The summed E-state index contributed by atoms with van der Waals surface area (Å²) in [6, 6.07) is 0. The molecule has 0 aromatic heterocycles. The maximum absolute atomic E-state index is 3.55. The molecule has 0 aliphatic heterocycles. The number of nitrogens with one attached hydrogen (secondary N) is 1. The Morgan fingerprint density at radius 1 is 0.933 bits per heavy atom. The molecule has 2 unspecified atom stereocenters. The minimum Gasteiger partial charge on any atom is -0.317 e. The SMILES string of the molecule is CCNCC1CCCC1CC1CCCC1. The Balaban J connectivity index is 1.74. The van der Waals surface area contributed by atoms with E-state index in [0.29, 0.717) is 0 Å². The minimum absolute atomic E-state index is 1.01. The first-order valence-corrected chi connectivity index (χ1v) is 7.11. The van der Waals surface area contributed by atoms with E-state index in [1.807, 2.05) is 0 Å². The second-order valence-corrected chi connectivity index (χ2v) is 5.64. The van der Waals surface area contributed by atoms with Crippen LogP contribution in [0.2, 0.25) is 0 Å². The van der Waals surface area contributed by atoms with Gasteiger partial charge in [-0.15, -0.1) is 0 Å². The van der Waals surface area contributed by atoms with Gasteiger partial charge in [0.05, 0.1) is 0 Å². The van der Waals surface area contributed by atoms with E-state index in [-0.39, 0.29) is 0 Å². The van der Waals surface area contributed by atoms with Crippen molar-refractivity contribution in [2.75, 3.05) is 13.1 Å². The van der Waals surface area contributed by atoms with Crippen LogP contribution in [-0.4, -0.2) is 13.1 Å². The third-order valence-corrected chi connectivity index (χ3v) is 4.58. The highest BCUT2D eigenvalue weighted by atomic mass is 14.8. The van der Waals surface area contributed by atoms with Gasteiger partial charge in [0.15, 0.2) is 0 Å². The van der Waals surface area contributed by atoms with Crippen LogP contribution < -0.4 is 5.32 Å². The molecule has 2 rings (SSSR count). The van der Waals surface area contributed by atoms with E-state index in [2.05, 4.69) is 12.2 Å². The van der Waals surface area contributed by atoms with Crippen LogP contribution in [0.5, 0.6) is 0 Å². The van der Waals surface area contributed by atoms with Gasteiger partial charge in [-0.1, -0.05) is 45.4 Å². The number of rotatable bonds is 5. The molecule has 0 radical (unpaired) electrons. The summed E-state index contributed by atoms with van der Waals surface area (Å²) >= 11 is 0. The monoisotopic (exact) mass is 209 g/mol. The minimum atomic E-state index is 1.01. The second kappa shape index (κ2) is 5.89. The lowest BCUT2D eigenvalue weighted by molar-refractivity contribution is 0.297. The quantitative estimate of drug-likeness (QED) is 0.729. The summed E-state index contributed by atoms with van der Waals surface area (Å²) in [6.07, 6.45) is 12.1. The Hall–Kier alpha value is -0.0400. The van der Waals surface area contributed by atoms with Gasteiger partial charge in [-0.3, -0.25) is 0 Å². The molecule has 2 aliphatic carbocycles. The molecule has 88 valence electrons. The fraction of sp³-hybridized carbons (Fsp3) is 1.00. The summed E-state index contributed by atoms with van der Waals surface area (Å²) in [5, 5.41) is 3.55. The zero-order valence-corrected chi connectivity index (χ0v) is 10.3. The van der Waals surface area contributed by atoms with Crippen LogP contribution in [0.25, 0.3) is 0 Å². The van der Waals surface area contributed by atoms with Crippen LogP contribution in [0.4, 0.5) is 0 Å². The topological polar surface area (TPSA) is 12.0 Å². The van der Waals surface area contributed by atoms with Crippen LogP contribution in [0.1, 0.15) is 58.3 Å². The molecule has 2 aliphatic rings. The maximum Gasteiger partial charge on any atom is -0.00180 e. The fourth-order valence-electron chi connectivity index (χ4n) is 3.70. The molecule has 0 saturated heterocycles. The van der Waals surface area contributed by atoms with Gasteiger partial charge in [0, 0.05) is 0 Å². The van der Waals surface area contributed by atoms with Crippen LogP contribution in [0, 0.1) is 17.8 Å². The summed E-state index contributed by atoms with van der Waals surface area (Å²) < 4.78 is 0. The van der Waals surface area contributed by atoms with E-state index in [4.69, 9.17) is 0 Å². The lowest BCUT2D eigenvalue weighted by atomic mass is 9.86. The summed E-state index contributed by atoms with van der Waals surface area (Å²) in [7, 11) is 0. The molecule has 0 bridgehead atoms. The molecule has 15 heavy (non-hydrogen) atoms. The molecule has 0 heterocycles. The summed E-state index contributed by atoms with van der Waals surface area (Å²) in [5.74, 6) is 3.16. The highest BCUT2D eigenvalue weighted by Crippen LogP contribution is 2.39. The van der Waals surface area contributed by atoms with Crippen molar-refractivity contribution in [2.45, 2.75) is 58.3 Å². The standard InChI is InChI=1S/C14H27N/c1-2-15-11-14-9-5-8-13(14)10-12-6-3-4-7-12/h12-15H,2-11H2,1H3. The summed E-state index contributed by atoms with van der Waals surface area (Å²) in [5.41, 5.74) is 0. The molecule has 2 saturated carbocycles. The van der Waals surface area contributed by atoms with E-state index in [1.54, 1.807) is 6.42 Å². The van der Waals surface area contributed by atoms with E-state index in [9.17, 15) is 0 Å².